The molecule has 0 atom stereocenters. The first-order chi connectivity index (χ1) is 8.49. The first-order valence-corrected chi connectivity index (χ1v) is 6.91. The topological polar surface area (TPSA) is 72.0 Å². The van der Waals surface area contributed by atoms with E-state index in [9.17, 15) is 8.42 Å². The van der Waals surface area contributed by atoms with Gasteiger partial charge in [0, 0.05) is 17.4 Å². The van der Waals surface area contributed by atoms with Crippen molar-refractivity contribution in [1.82, 2.24) is 9.97 Å². The Kier molecular flexibility index (Phi) is 3.49. The van der Waals surface area contributed by atoms with Gasteiger partial charge >= 0.3 is 0 Å². The van der Waals surface area contributed by atoms with E-state index >= 15 is 0 Å². The van der Waals surface area contributed by atoms with Crippen molar-refractivity contribution in [3.63, 3.8) is 0 Å². The Morgan fingerprint density at radius 3 is 2.50 bits per heavy atom. The highest BCUT2D eigenvalue weighted by Gasteiger charge is 2.16. The molecule has 1 heterocycles. The van der Waals surface area contributed by atoms with Crippen molar-refractivity contribution in [1.29, 1.82) is 0 Å². The smallest absolute Gasteiger partial charge is 0.247 e. The van der Waals surface area contributed by atoms with Crippen LogP contribution in [0.15, 0.2) is 41.6 Å². The van der Waals surface area contributed by atoms with Gasteiger partial charge < -0.3 is 0 Å². The molecule has 2 aromatic rings. The summed E-state index contributed by atoms with van der Waals surface area (Å²) in [6, 6.07) is 6.11. The molecule has 5 nitrogen and oxygen atoms in total. The molecule has 7 heteroatoms. The van der Waals surface area contributed by atoms with Crippen LogP contribution < -0.4 is 4.72 Å². The van der Waals surface area contributed by atoms with Crippen molar-refractivity contribution >= 4 is 27.6 Å². The van der Waals surface area contributed by atoms with Crippen molar-refractivity contribution in [3.05, 3.63) is 47.2 Å². The number of nitrogens with zero attached hydrogens (tertiary/aromatic N) is 2. The first kappa shape index (κ1) is 12.8. The Morgan fingerprint density at radius 1 is 1.22 bits per heavy atom. The second kappa shape index (κ2) is 4.91. The minimum absolute atomic E-state index is 0.0224. The molecule has 0 spiro atoms. The highest BCUT2D eigenvalue weighted by molar-refractivity contribution is 7.92. The summed E-state index contributed by atoms with van der Waals surface area (Å²) in [4.78, 5) is 7.66. The van der Waals surface area contributed by atoms with Crippen molar-refractivity contribution < 1.29 is 8.42 Å². The Bertz CT molecular complexity index is 659. The van der Waals surface area contributed by atoms with Gasteiger partial charge in [-0.25, -0.2) is 23.1 Å². The van der Waals surface area contributed by atoms with E-state index in [2.05, 4.69) is 14.7 Å². The van der Waals surface area contributed by atoms with Crippen LogP contribution in [-0.4, -0.2) is 18.4 Å². The minimum atomic E-state index is -3.71. The van der Waals surface area contributed by atoms with Gasteiger partial charge in [-0.05, 0) is 30.7 Å². The molecule has 2 rings (SSSR count). The molecular formula is C11H10ClN3O2S. The number of hydrogen-bond donors (Lipinski definition) is 1. The molecule has 0 saturated carbocycles. The van der Waals surface area contributed by atoms with Crippen molar-refractivity contribution in [3.8, 4) is 0 Å². The fraction of sp³-hybridized carbons (Fsp3) is 0.0909. The number of aromatic nitrogens is 2. The van der Waals surface area contributed by atoms with Crippen LogP contribution in [0.25, 0.3) is 0 Å². The highest BCUT2D eigenvalue weighted by Crippen LogP contribution is 2.21. The Balaban J connectivity index is 2.34. The average Bonchev–Trinajstić information content (AvgIpc) is 2.33. The second-order valence-electron chi connectivity index (χ2n) is 3.59. The number of nitrogens with one attached hydrogen (secondary N) is 1. The van der Waals surface area contributed by atoms with Crippen LogP contribution in [0, 0.1) is 6.92 Å². The summed E-state index contributed by atoms with van der Waals surface area (Å²) >= 11 is 5.90. The molecule has 0 aliphatic rings. The zero-order chi connectivity index (χ0) is 13.2. The summed E-state index contributed by atoms with van der Waals surface area (Å²) in [6.45, 7) is 1.80. The lowest BCUT2D eigenvalue weighted by atomic mass is 10.2. The first-order valence-electron chi connectivity index (χ1n) is 5.05. The van der Waals surface area contributed by atoms with Crippen LogP contribution in [0.4, 0.5) is 5.95 Å². The normalized spacial score (nSPS) is 11.2. The lowest BCUT2D eigenvalue weighted by molar-refractivity contribution is 0.601. The van der Waals surface area contributed by atoms with E-state index in [0.29, 0.717) is 5.02 Å². The van der Waals surface area contributed by atoms with Gasteiger partial charge in [0.25, 0.3) is 10.0 Å². The lowest BCUT2D eigenvalue weighted by Gasteiger charge is -2.07. The number of benzene rings is 1. The number of anilines is 1. The maximum atomic E-state index is 12.0. The molecule has 0 aliphatic heterocycles. The van der Waals surface area contributed by atoms with Crippen LogP contribution in [-0.2, 0) is 10.0 Å². The van der Waals surface area contributed by atoms with Crippen LogP contribution in [0.3, 0.4) is 0 Å². The van der Waals surface area contributed by atoms with Gasteiger partial charge in [0.05, 0.1) is 4.90 Å². The standard InChI is InChI=1S/C11H10ClN3O2S/c1-8-3-4-9(7-10(8)12)18(16,17)15-11-13-5-2-6-14-11/h2-7H,1H3,(H,13,14,15). The molecular weight excluding hydrogens is 274 g/mol. The molecule has 0 aliphatic carbocycles. The van der Waals surface area contributed by atoms with Crippen molar-refractivity contribution in [2.45, 2.75) is 11.8 Å². The Labute approximate surface area is 110 Å². The SMILES string of the molecule is Cc1ccc(S(=O)(=O)Nc2ncccn2)cc1Cl. The Hall–Kier alpha value is -1.66. The van der Waals surface area contributed by atoms with E-state index in [1.165, 1.54) is 24.5 Å². The van der Waals surface area contributed by atoms with Crippen LogP contribution in [0.1, 0.15) is 5.56 Å². The van der Waals surface area contributed by atoms with Gasteiger partial charge in [0.1, 0.15) is 0 Å². The molecule has 18 heavy (non-hydrogen) atoms. The number of sulfonamides is 1. The third kappa shape index (κ3) is 2.77. The number of halogens is 1. The lowest BCUT2D eigenvalue weighted by Crippen LogP contribution is -2.14. The molecule has 0 unspecified atom stereocenters. The summed E-state index contributed by atoms with van der Waals surface area (Å²) in [6.07, 6.45) is 2.90. The molecule has 0 bridgehead atoms. The zero-order valence-corrected chi connectivity index (χ0v) is 11.0. The van der Waals surface area contributed by atoms with Gasteiger partial charge in [-0.3, -0.25) is 0 Å². The predicted molar refractivity (Wildman–Crippen MR) is 69.0 cm³/mol. The summed E-state index contributed by atoms with van der Waals surface area (Å²) in [7, 11) is -3.71. The third-order valence-electron chi connectivity index (χ3n) is 2.25. The molecule has 0 radical (unpaired) electrons. The summed E-state index contributed by atoms with van der Waals surface area (Å²) in [5.41, 5.74) is 0.812. The van der Waals surface area contributed by atoms with Crippen molar-refractivity contribution in [2.75, 3.05) is 4.72 Å². The maximum Gasteiger partial charge on any atom is 0.264 e. The van der Waals surface area contributed by atoms with Gasteiger partial charge in [-0.1, -0.05) is 17.7 Å². The van der Waals surface area contributed by atoms with E-state index in [1.54, 1.807) is 19.1 Å². The average molecular weight is 284 g/mol. The van der Waals surface area contributed by atoms with Crippen LogP contribution in [0.5, 0.6) is 0 Å². The molecule has 1 aromatic carbocycles. The number of hydrogen-bond acceptors (Lipinski definition) is 4. The number of rotatable bonds is 3. The monoisotopic (exact) mass is 283 g/mol. The van der Waals surface area contributed by atoms with E-state index in [0.717, 1.165) is 5.56 Å². The maximum absolute atomic E-state index is 12.0. The summed E-state index contributed by atoms with van der Waals surface area (Å²) in [5, 5.41) is 0.395. The van der Waals surface area contributed by atoms with E-state index in [-0.39, 0.29) is 10.8 Å². The van der Waals surface area contributed by atoms with Gasteiger partial charge in [-0.2, -0.15) is 0 Å². The van der Waals surface area contributed by atoms with E-state index in [4.69, 9.17) is 11.6 Å². The second-order valence-corrected chi connectivity index (χ2v) is 5.68. The molecule has 0 fully saturated rings. The largest absolute Gasteiger partial charge is 0.264 e. The van der Waals surface area contributed by atoms with Crippen LogP contribution in [0.2, 0.25) is 5.02 Å². The van der Waals surface area contributed by atoms with Gasteiger partial charge in [0.15, 0.2) is 0 Å². The highest BCUT2D eigenvalue weighted by atomic mass is 35.5. The molecule has 94 valence electrons. The van der Waals surface area contributed by atoms with E-state index < -0.39 is 10.0 Å². The molecule has 0 amide bonds. The molecule has 1 aromatic heterocycles. The quantitative estimate of drug-likeness (QED) is 0.938. The fourth-order valence-electron chi connectivity index (χ4n) is 1.27. The third-order valence-corrected chi connectivity index (χ3v) is 3.98. The zero-order valence-electron chi connectivity index (χ0n) is 9.46. The van der Waals surface area contributed by atoms with Crippen molar-refractivity contribution in [2.24, 2.45) is 0 Å². The summed E-state index contributed by atoms with van der Waals surface area (Å²) < 4.78 is 26.3. The number of aryl methyl sites for hydroxylation is 1. The Morgan fingerprint density at radius 2 is 1.89 bits per heavy atom. The molecule has 1 N–H and O–H groups in total. The van der Waals surface area contributed by atoms with E-state index in [1.807, 2.05) is 0 Å². The van der Waals surface area contributed by atoms with Crippen LogP contribution >= 0.6 is 11.6 Å². The predicted octanol–water partition coefficient (Wildman–Crippen LogP) is 2.24. The van der Waals surface area contributed by atoms with Gasteiger partial charge in [0.2, 0.25) is 5.95 Å². The molecule has 0 saturated heterocycles. The summed E-state index contributed by atoms with van der Waals surface area (Å²) in [5.74, 6) is 0.0224. The van der Waals surface area contributed by atoms with Gasteiger partial charge in [-0.15, -0.1) is 0 Å². The minimum Gasteiger partial charge on any atom is -0.247 e. The fourth-order valence-corrected chi connectivity index (χ4v) is 2.50.